The van der Waals surface area contributed by atoms with Crippen molar-refractivity contribution in [2.24, 2.45) is 5.92 Å². The van der Waals surface area contributed by atoms with Gasteiger partial charge in [-0.05, 0) is 56.8 Å². The molecule has 4 nitrogen and oxygen atoms in total. The summed E-state index contributed by atoms with van der Waals surface area (Å²) >= 11 is 0. The summed E-state index contributed by atoms with van der Waals surface area (Å²) in [7, 11) is 0. The van der Waals surface area contributed by atoms with Gasteiger partial charge in [0, 0.05) is 24.4 Å². The van der Waals surface area contributed by atoms with Crippen molar-refractivity contribution in [3.8, 4) is 5.75 Å². The number of benzene rings is 1. The van der Waals surface area contributed by atoms with Gasteiger partial charge in [0.2, 0.25) is 5.91 Å². The zero-order valence-electron chi connectivity index (χ0n) is 14.3. The molecule has 1 aromatic carbocycles. The molecule has 1 aliphatic carbocycles. The van der Waals surface area contributed by atoms with Gasteiger partial charge in [-0.3, -0.25) is 9.69 Å². The van der Waals surface area contributed by atoms with Crippen molar-refractivity contribution < 1.29 is 9.90 Å². The van der Waals surface area contributed by atoms with Gasteiger partial charge in [-0.2, -0.15) is 0 Å². The first-order valence-corrected chi connectivity index (χ1v) is 9.12. The monoisotopic (exact) mass is 324 g/mol. The molecule has 126 valence electrons. The summed E-state index contributed by atoms with van der Waals surface area (Å²) in [6.07, 6.45) is 5.62. The Morgan fingerprint density at radius 2 is 2.21 bits per heavy atom. The van der Waals surface area contributed by atoms with E-state index in [0.29, 0.717) is 12.0 Å². The lowest BCUT2D eigenvalue weighted by Gasteiger charge is -2.53. The second-order valence-electron chi connectivity index (χ2n) is 7.82. The highest BCUT2D eigenvalue weighted by Crippen LogP contribution is 2.63. The lowest BCUT2D eigenvalue weighted by Crippen LogP contribution is -2.61. The number of hydrogen-bond donors (Lipinski definition) is 1. The molecule has 0 radical (unpaired) electrons. The van der Waals surface area contributed by atoms with Gasteiger partial charge >= 0.3 is 0 Å². The lowest BCUT2D eigenvalue weighted by atomic mass is 9.58. The van der Waals surface area contributed by atoms with Crippen LogP contribution in [0.25, 0.3) is 0 Å². The van der Waals surface area contributed by atoms with E-state index < -0.39 is 0 Å². The predicted octanol–water partition coefficient (Wildman–Crippen LogP) is 2.81. The molecule has 1 saturated carbocycles. The predicted molar refractivity (Wildman–Crippen MR) is 93.2 cm³/mol. The van der Waals surface area contributed by atoms with Crippen LogP contribution in [0, 0.1) is 5.92 Å². The maximum atomic E-state index is 12.5. The number of amides is 1. The normalized spacial score (nSPS) is 38.3. The van der Waals surface area contributed by atoms with Crippen molar-refractivity contribution in [2.45, 2.75) is 50.6 Å². The third-order valence-corrected chi connectivity index (χ3v) is 7.06. The molecule has 5 rings (SSSR count). The minimum Gasteiger partial charge on any atom is -0.506 e. The Morgan fingerprint density at radius 3 is 2.96 bits per heavy atom. The van der Waals surface area contributed by atoms with Crippen molar-refractivity contribution in [2.75, 3.05) is 18.0 Å². The summed E-state index contributed by atoms with van der Waals surface area (Å²) in [5, 5.41) is 10.6. The summed E-state index contributed by atoms with van der Waals surface area (Å²) in [4.78, 5) is 17.1. The maximum Gasteiger partial charge on any atom is 0.224 e. The Bertz CT molecular complexity index is 771. The Morgan fingerprint density at radius 1 is 1.38 bits per heavy atom. The molecule has 2 bridgehead atoms. The van der Waals surface area contributed by atoms with Crippen LogP contribution in [0.5, 0.6) is 5.75 Å². The first-order valence-electron chi connectivity index (χ1n) is 9.12. The van der Waals surface area contributed by atoms with Crippen LogP contribution < -0.4 is 4.90 Å². The van der Waals surface area contributed by atoms with E-state index in [1.165, 1.54) is 12.0 Å². The minimum absolute atomic E-state index is 0.0431. The molecule has 3 fully saturated rings. The number of fused-ring (bicyclic) bond motifs is 2. The molecule has 4 heteroatoms. The molecule has 4 aliphatic rings. The Kier molecular flexibility index (Phi) is 2.80. The molecule has 2 saturated heterocycles. The lowest BCUT2D eigenvalue weighted by molar-refractivity contribution is -0.117. The number of anilines is 1. The van der Waals surface area contributed by atoms with Crippen LogP contribution in [0.4, 0.5) is 5.69 Å². The summed E-state index contributed by atoms with van der Waals surface area (Å²) in [6.45, 7) is 6.06. The van der Waals surface area contributed by atoms with Crippen LogP contribution in [0.15, 0.2) is 29.8 Å². The van der Waals surface area contributed by atoms with Gasteiger partial charge in [0.05, 0.1) is 5.69 Å². The van der Waals surface area contributed by atoms with Crippen molar-refractivity contribution in [1.82, 2.24) is 4.90 Å². The van der Waals surface area contributed by atoms with Gasteiger partial charge in [0.1, 0.15) is 5.75 Å². The first kappa shape index (κ1) is 14.5. The highest BCUT2D eigenvalue weighted by molar-refractivity contribution is 5.98. The van der Waals surface area contributed by atoms with E-state index in [0.717, 1.165) is 31.6 Å². The molecule has 3 heterocycles. The van der Waals surface area contributed by atoms with E-state index in [1.807, 2.05) is 11.0 Å². The number of aromatic hydroxyl groups is 1. The van der Waals surface area contributed by atoms with E-state index >= 15 is 0 Å². The zero-order chi connectivity index (χ0) is 16.6. The van der Waals surface area contributed by atoms with Crippen molar-refractivity contribution in [3.63, 3.8) is 0 Å². The number of nitrogens with zero attached hydrogens (tertiary/aromatic N) is 2. The molecule has 0 aromatic heterocycles. The Labute approximate surface area is 142 Å². The highest BCUT2D eigenvalue weighted by Gasteiger charge is 2.66. The number of allylic oxidation sites excluding steroid dienone is 1. The van der Waals surface area contributed by atoms with Crippen molar-refractivity contribution in [3.05, 3.63) is 35.4 Å². The van der Waals surface area contributed by atoms with E-state index in [2.05, 4.69) is 24.0 Å². The Hall–Kier alpha value is -1.81. The fourth-order valence-corrected chi connectivity index (χ4v) is 6.35. The number of carbonyl (C=O) groups excluding carboxylic acids is 1. The molecule has 0 unspecified atom stereocenters. The first-order chi connectivity index (χ1) is 11.6. The van der Waals surface area contributed by atoms with Crippen molar-refractivity contribution >= 4 is 11.6 Å². The molecule has 24 heavy (non-hydrogen) atoms. The van der Waals surface area contributed by atoms with E-state index in [9.17, 15) is 9.90 Å². The van der Waals surface area contributed by atoms with Crippen LogP contribution in [-0.2, 0) is 10.2 Å². The van der Waals surface area contributed by atoms with E-state index in [4.69, 9.17) is 0 Å². The van der Waals surface area contributed by atoms with Crippen LogP contribution in [0.3, 0.4) is 0 Å². The van der Waals surface area contributed by atoms with Crippen molar-refractivity contribution in [1.29, 1.82) is 0 Å². The van der Waals surface area contributed by atoms with E-state index in [-0.39, 0.29) is 23.1 Å². The average molecular weight is 324 g/mol. The molecule has 1 aromatic rings. The topological polar surface area (TPSA) is 43.8 Å². The van der Waals surface area contributed by atoms with E-state index in [1.54, 1.807) is 18.6 Å². The van der Waals surface area contributed by atoms with Crippen LogP contribution in [0.1, 0.15) is 38.7 Å². The second kappa shape index (κ2) is 4.63. The molecule has 3 aliphatic heterocycles. The summed E-state index contributed by atoms with van der Waals surface area (Å²) < 4.78 is 0. The maximum absolute atomic E-state index is 12.5. The number of hydrogen-bond acceptors (Lipinski definition) is 3. The van der Waals surface area contributed by atoms with Crippen LogP contribution in [0.2, 0.25) is 0 Å². The number of para-hydroxylation sites is 1. The largest absolute Gasteiger partial charge is 0.506 e. The molecule has 1 amide bonds. The zero-order valence-corrected chi connectivity index (χ0v) is 14.3. The number of piperidine rings is 1. The number of rotatable bonds is 0. The number of phenols is 1. The van der Waals surface area contributed by atoms with Gasteiger partial charge in [-0.15, -0.1) is 0 Å². The molecule has 4 atom stereocenters. The fraction of sp³-hybridized carbons (Fsp3) is 0.550. The van der Waals surface area contributed by atoms with Gasteiger partial charge < -0.3 is 10.0 Å². The van der Waals surface area contributed by atoms with Crippen LogP contribution >= 0.6 is 0 Å². The highest BCUT2D eigenvalue weighted by atomic mass is 16.3. The van der Waals surface area contributed by atoms with Gasteiger partial charge in [0.25, 0.3) is 0 Å². The fourth-order valence-electron chi connectivity index (χ4n) is 6.35. The number of carbonyl (C=O) groups is 1. The number of phenolic OH excluding ortho intramolecular Hbond substituents is 1. The summed E-state index contributed by atoms with van der Waals surface area (Å²) in [5.41, 5.74) is 3.49. The molecule has 1 N–H and O–H groups in total. The molecule has 1 spiro atoms. The smallest absolute Gasteiger partial charge is 0.224 e. The molecular formula is C20H24N2O2. The summed E-state index contributed by atoms with van der Waals surface area (Å²) in [5.74, 6) is 0.882. The SMILES string of the molecule is C/C=C1\[C@H]2CCN3CC[C@@]4(c5cccc(O)c5N(C(C)=O)[C@H]4C2)[C@H]13. The quantitative estimate of drug-likeness (QED) is 0.746. The van der Waals surface area contributed by atoms with Gasteiger partial charge in [0.15, 0.2) is 0 Å². The molecular weight excluding hydrogens is 300 g/mol. The summed E-state index contributed by atoms with van der Waals surface area (Å²) in [6, 6.07) is 6.39. The average Bonchev–Trinajstić information content (AvgIpc) is 3.10. The van der Waals surface area contributed by atoms with Crippen LogP contribution in [-0.4, -0.2) is 41.1 Å². The van der Waals surface area contributed by atoms with Gasteiger partial charge in [-0.25, -0.2) is 0 Å². The third kappa shape index (κ3) is 1.47. The second-order valence-corrected chi connectivity index (χ2v) is 7.82. The standard InChI is InChI=1S/C20H24N2O2/c1-3-14-13-7-9-21-10-8-20(19(14)21)15-5-4-6-16(24)18(15)22(12(2)23)17(20)11-13/h3-6,13,17,19,24H,7-11H2,1-2H3/b14-3+/t13-,17-,19-,20-/m0/s1. The Balaban J connectivity index is 1.81. The third-order valence-electron chi connectivity index (χ3n) is 7.06. The minimum atomic E-state index is -0.0431. The van der Waals surface area contributed by atoms with Gasteiger partial charge in [-0.1, -0.05) is 23.8 Å².